The van der Waals surface area contributed by atoms with Gasteiger partial charge in [0.15, 0.2) is 5.82 Å². The van der Waals surface area contributed by atoms with Crippen molar-refractivity contribution in [3.05, 3.63) is 42.7 Å². The van der Waals surface area contributed by atoms with Crippen LogP contribution >= 0.6 is 11.8 Å². The second kappa shape index (κ2) is 10.3. The average molecular weight is 385 g/mol. The molecule has 0 saturated carbocycles. The standard InChI is InChI=1S/C21H28N4OS/c1-2-3-7-12-23-20(26)17-9-8-15-25(16-17)19-21(24-14-13-22-19)27-18-10-5-4-6-11-18/h4-6,10-11,13-14,17H,2-3,7-9,12,15-16H2,1H3,(H,23,26). The summed E-state index contributed by atoms with van der Waals surface area (Å²) < 4.78 is 0. The van der Waals surface area contributed by atoms with Gasteiger partial charge < -0.3 is 10.2 Å². The van der Waals surface area contributed by atoms with Gasteiger partial charge >= 0.3 is 0 Å². The molecule has 1 aromatic heterocycles. The van der Waals surface area contributed by atoms with Crippen LogP contribution in [0.15, 0.2) is 52.6 Å². The summed E-state index contributed by atoms with van der Waals surface area (Å²) in [7, 11) is 0. The minimum absolute atomic E-state index is 0.0250. The Balaban J connectivity index is 1.65. The molecule has 27 heavy (non-hydrogen) atoms. The van der Waals surface area contributed by atoms with Gasteiger partial charge in [0.2, 0.25) is 5.91 Å². The predicted molar refractivity (Wildman–Crippen MR) is 110 cm³/mol. The Bertz CT molecular complexity index is 725. The quantitative estimate of drug-likeness (QED) is 0.693. The summed E-state index contributed by atoms with van der Waals surface area (Å²) in [4.78, 5) is 25.0. The molecule has 1 fully saturated rings. The summed E-state index contributed by atoms with van der Waals surface area (Å²) >= 11 is 1.62. The van der Waals surface area contributed by atoms with Crippen LogP contribution in [0.2, 0.25) is 0 Å². The maximum absolute atomic E-state index is 12.5. The van der Waals surface area contributed by atoms with E-state index in [4.69, 9.17) is 0 Å². The zero-order valence-electron chi connectivity index (χ0n) is 15.9. The van der Waals surface area contributed by atoms with Crippen LogP contribution in [0.25, 0.3) is 0 Å². The highest BCUT2D eigenvalue weighted by molar-refractivity contribution is 7.99. The Hall–Kier alpha value is -2.08. The molecule has 1 atom stereocenters. The third kappa shape index (κ3) is 5.70. The third-order valence-electron chi connectivity index (χ3n) is 4.78. The Morgan fingerprint density at radius 2 is 2.04 bits per heavy atom. The van der Waals surface area contributed by atoms with Gasteiger partial charge in [-0.15, -0.1) is 0 Å². The number of carbonyl (C=O) groups is 1. The zero-order valence-corrected chi connectivity index (χ0v) is 16.8. The van der Waals surface area contributed by atoms with Gasteiger partial charge in [0, 0.05) is 36.9 Å². The number of piperidine rings is 1. The fourth-order valence-electron chi connectivity index (χ4n) is 3.32. The molecule has 0 bridgehead atoms. The third-order valence-corrected chi connectivity index (χ3v) is 5.76. The first-order valence-electron chi connectivity index (χ1n) is 9.84. The molecular formula is C21H28N4OS. The first-order valence-corrected chi connectivity index (χ1v) is 10.7. The smallest absolute Gasteiger partial charge is 0.224 e. The van der Waals surface area contributed by atoms with Gasteiger partial charge in [0.25, 0.3) is 0 Å². The molecule has 3 rings (SSSR count). The molecule has 144 valence electrons. The number of carbonyl (C=O) groups excluding carboxylic acids is 1. The normalized spacial score (nSPS) is 16.9. The largest absolute Gasteiger partial charge is 0.356 e. The number of amides is 1. The van der Waals surface area contributed by atoms with Gasteiger partial charge in [-0.05, 0) is 31.4 Å². The number of benzene rings is 1. The topological polar surface area (TPSA) is 58.1 Å². The highest BCUT2D eigenvalue weighted by Gasteiger charge is 2.27. The fourth-order valence-corrected chi connectivity index (χ4v) is 4.22. The van der Waals surface area contributed by atoms with Crippen molar-refractivity contribution in [2.24, 2.45) is 5.92 Å². The van der Waals surface area contributed by atoms with Gasteiger partial charge in [-0.1, -0.05) is 49.7 Å². The Morgan fingerprint density at radius 3 is 2.85 bits per heavy atom. The number of unbranched alkanes of at least 4 members (excludes halogenated alkanes) is 2. The van der Waals surface area contributed by atoms with Crippen LogP contribution in [0, 0.1) is 5.92 Å². The molecule has 1 N–H and O–H groups in total. The molecule has 2 aromatic rings. The maximum atomic E-state index is 12.5. The highest BCUT2D eigenvalue weighted by atomic mass is 32.2. The number of rotatable bonds is 8. The van der Waals surface area contributed by atoms with E-state index in [2.05, 4.69) is 39.2 Å². The van der Waals surface area contributed by atoms with Crippen LogP contribution in [-0.2, 0) is 4.79 Å². The number of hydrogen-bond donors (Lipinski definition) is 1. The van der Waals surface area contributed by atoms with Crippen molar-refractivity contribution >= 4 is 23.5 Å². The lowest BCUT2D eigenvalue weighted by molar-refractivity contribution is -0.125. The van der Waals surface area contributed by atoms with Crippen LogP contribution < -0.4 is 10.2 Å². The number of hydrogen-bond acceptors (Lipinski definition) is 5. The van der Waals surface area contributed by atoms with Crippen molar-refractivity contribution in [1.82, 2.24) is 15.3 Å². The second-order valence-electron chi connectivity index (χ2n) is 6.88. The molecule has 2 heterocycles. The minimum Gasteiger partial charge on any atom is -0.356 e. The van der Waals surface area contributed by atoms with E-state index < -0.39 is 0 Å². The minimum atomic E-state index is 0.0250. The lowest BCUT2D eigenvalue weighted by atomic mass is 9.97. The molecule has 0 spiro atoms. The SMILES string of the molecule is CCCCCNC(=O)C1CCCN(c2nccnc2Sc2ccccc2)C1. The zero-order chi connectivity index (χ0) is 18.9. The van der Waals surface area contributed by atoms with E-state index in [1.807, 2.05) is 18.2 Å². The fraction of sp³-hybridized carbons (Fsp3) is 0.476. The van der Waals surface area contributed by atoms with E-state index in [9.17, 15) is 4.79 Å². The van der Waals surface area contributed by atoms with Crippen molar-refractivity contribution in [1.29, 1.82) is 0 Å². The molecule has 1 saturated heterocycles. The van der Waals surface area contributed by atoms with E-state index in [1.165, 1.54) is 6.42 Å². The van der Waals surface area contributed by atoms with E-state index in [-0.39, 0.29) is 11.8 Å². The van der Waals surface area contributed by atoms with Crippen molar-refractivity contribution in [3.8, 4) is 0 Å². The van der Waals surface area contributed by atoms with Crippen molar-refractivity contribution in [3.63, 3.8) is 0 Å². The van der Waals surface area contributed by atoms with Crippen LogP contribution in [0.5, 0.6) is 0 Å². The van der Waals surface area contributed by atoms with Crippen LogP contribution in [-0.4, -0.2) is 35.5 Å². The van der Waals surface area contributed by atoms with Gasteiger partial charge in [0.05, 0.1) is 5.92 Å². The van der Waals surface area contributed by atoms with Crippen molar-refractivity contribution < 1.29 is 4.79 Å². The summed E-state index contributed by atoms with van der Waals surface area (Å²) in [5.41, 5.74) is 0. The molecule has 6 heteroatoms. The van der Waals surface area contributed by atoms with E-state index >= 15 is 0 Å². The van der Waals surface area contributed by atoms with Crippen molar-refractivity contribution in [2.45, 2.75) is 48.9 Å². The number of anilines is 1. The summed E-state index contributed by atoms with van der Waals surface area (Å²) in [6.07, 6.45) is 8.80. The second-order valence-corrected chi connectivity index (χ2v) is 7.95. The van der Waals surface area contributed by atoms with Crippen LogP contribution in [0.4, 0.5) is 5.82 Å². The Morgan fingerprint density at radius 1 is 1.22 bits per heavy atom. The Labute approximate surface area is 166 Å². The van der Waals surface area contributed by atoms with Crippen LogP contribution in [0.3, 0.4) is 0 Å². The average Bonchev–Trinajstić information content (AvgIpc) is 2.72. The predicted octanol–water partition coefficient (Wildman–Crippen LogP) is 4.15. The highest BCUT2D eigenvalue weighted by Crippen LogP contribution is 2.33. The lowest BCUT2D eigenvalue weighted by Crippen LogP contribution is -2.43. The van der Waals surface area contributed by atoms with E-state index in [0.717, 1.165) is 54.5 Å². The molecule has 1 aromatic carbocycles. The number of nitrogens with one attached hydrogen (secondary N) is 1. The number of aromatic nitrogens is 2. The first-order chi connectivity index (χ1) is 13.3. The molecule has 1 unspecified atom stereocenters. The lowest BCUT2D eigenvalue weighted by Gasteiger charge is -2.33. The first kappa shape index (κ1) is 19.7. The molecule has 1 aliphatic heterocycles. The number of nitrogens with zero attached hydrogens (tertiary/aromatic N) is 3. The molecule has 1 aliphatic rings. The van der Waals surface area contributed by atoms with Crippen molar-refractivity contribution in [2.75, 3.05) is 24.5 Å². The van der Waals surface area contributed by atoms with Gasteiger partial charge in [-0.2, -0.15) is 0 Å². The van der Waals surface area contributed by atoms with Crippen LogP contribution in [0.1, 0.15) is 39.0 Å². The van der Waals surface area contributed by atoms with Gasteiger partial charge in [-0.25, -0.2) is 9.97 Å². The van der Waals surface area contributed by atoms with Gasteiger partial charge in [-0.3, -0.25) is 4.79 Å². The van der Waals surface area contributed by atoms with Gasteiger partial charge in [0.1, 0.15) is 5.03 Å². The molecule has 5 nitrogen and oxygen atoms in total. The maximum Gasteiger partial charge on any atom is 0.224 e. The van der Waals surface area contributed by atoms with E-state index in [0.29, 0.717) is 6.54 Å². The molecule has 0 radical (unpaired) electrons. The molecule has 1 amide bonds. The van der Waals surface area contributed by atoms with E-state index in [1.54, 1.807) is 24.2 Å². The summed E-state index contributed by atoms with van der Waals surface area (Å²) in [5.74, 6) is 1.09. The molecule has 0 aliphatic carbocycles. The monoisotopic (exact) mass is 384 g/mol. The Kier molecular flexibility index (Phi) is 7.51. The summed E-state index contributed by atoms with van der Waals surface area (Å²) in [5, 5.41) is 4.00. The summed E-state index contributed by atoms with van der Waals surface area (Å²) in [6, 6.07) is 10.2. The molecular weight excluding hydrogens is 356 g/mol. The summed E-state index contributed by atoms with van der Waals surface area (Å²) in [6.45, 7) is 4.58.